The van der Waals surface area contributed by atoms with Gasteiger partial charge in [0.1, 0.15) is 18.9 Å². The highest BCUT2D eigenvalue weighted by Gasteiger charge is 2.41. The van der Waals surface area contributed by atoms with Crippen molar-refractivity contribution >= 4 is 11.7 Å². The van der Waals surface area contributed by atoms with Crippen LogP contribution in [0.2, 0.25) is 0 Å². The fourth-order valence-corrected chi connectivity index (χ4v) is 2.56. The van der Waals surface area contributed by atoms with Crippen LogP contribution in [0, 0.1) is 5.92 Å². The number of hydrogen-bond donors (Lipinski definition) is 0. The van der Waals surface area contributed by atoms with Gasteiger partial charge in [0.15, 0.2) is 5.78 Å². The lowest BCUT2D eigenvalue weighted by atomic mass is 9.92. The predicted octanol–water partition coefficient (Wildman–Crippen LogP) is 2.42. The minimum atomic E-state index is -4.29. The van der Waals surface area contributed by atoms with Gasteiger partial charge in [0.05, 0.1) is 0 Å². The standard InChI is InChI=1S/C16H18F4N2O3/c17-15(18)16(19,20)10-25-9-13(23)22-7-3-4-11(8-22)14(24)12-5-1-2-6-21-12/h1-2,5-6,11,15H,3-4,7-10H2/t11-/m0/s1. The van der Waals surface area contributed by atoms with Crippen molar-refractivity contribution in [2.24, 2.45) is 5.92 Å². The van der Waals surface area contributed by atoms with Crippen LogP contribution in [0.5, 0.6) is 0 Å². The van der Waals surface area contributed by atoms with Gasteiger partial charge >= 0.3 is 12.3 Å². The Bertz CT molecular complexity index is 598. The minimum absolute atomic E-state index is 0.128. The molecule has 0 radical (unpaired) electrons. The molecule has 0 aromatic carbocycles. The normalized spacial score (nSPS) is 18.4. The molecule has 0 aliphatic carbocycles. The van der Waals surface area contributed by atoms with Crippen LogP contribution in [0.25, 0.3) is 0 Å². The van der Waals surface area contributed by atoms with Crippen LogP contribution in [0.1, 0.15) is 23.3 Å². The Morgan fingerprint density at radius 2 is 2.12 bits per heavy atom. The number of carbonyl (C=O) groups excluding carboxylic acids is 2. The first-order chi connectivity index (χ1) is 11.8. The van der Waals surface area contributed by atoms with Gasteiger partial charge < -0.3 is 9.64 Å². The maximum absolute atomic E-state index is 12.7. The maximum Gasteiger partial charge on any atom is 0.330 e. The molecule has 25 heavy (non-hydrogen) atoms. The summed E-state index contributed by atoms with van der Waals surface area (Å²) in [5, 5.41) is 0. The lowest BCUT2D eigenvalue weighted by Crippen LogP contribution is -2.44. The van der Waals surface area contributed by atoms with E-state index in [1.54, 1.807) is 18.2 Å². The fraction of sp³-hybridized carbons (Fsp3) is 0.562. The second-order valence-electron chi connectivity index (χ2n) is 5.81. The van der Waals surface area contributed by atoms with Crippen molar-refractivity contribution in [2.75, 3.05) is 26.3 Å². The highest BCUT2D eigenvalue weighted by molar-refractivity contribution is 5.96. The molecule has 0 saturated carbocycles. The Hall–Kier alpha value is -2.03. The number of halogens is 4. The van der Waals surface area contributed by atoms with Crippen LogP contribution in [-0.2, 0) is 9.53 Å². The van der Waals surface area contributed by atoms with Crippen molar-refractivity contribution < 1.29 is 31.9 Å². The third-order valence-electron chi connectivity index (χ3n) is 3.90. The number of alkyl halides is 4. The molecule has 1 amide bonds. The number of aromatic nitrogens is 1. The molecule has 0 unspecified atom stereocenters. The molecule has 2 rings (SSSR count). The smallest absolute Gasteiger partial charge is 0.330 e. The van der Waals surface area contributed by atoms with Crippen LogP contribution in [0.3, 0.4) is 0 Å². The summed E-state index contributed by atoms with van der Waals surface area (Å²) in [5.74, 6) is -5.53. The molecule has 1 aromatic rings. The summed E-state index contributed by atoms with van der Waals surface area (Å²) in [5.41, 5.74) is 0.301. The molecule has 138 valence electrons. The van der Waals surface area contributed by atoms with Crippen LogP contribution in [0.4, 0.5) is 17.6 Å². The highest BCUT2D eigenvalue weighted by atomic mass is 19.3. The van der Waals surface area contributed by atoms with E-state index in [9.17, 15) is 27.2 Å². The monoisotopic (exact) mass is 362 g/mol. The van der Waals surface area contributed by atoms with E-state index in [4.69, 9.17) is 0 Å². The predicted molar refractivity (Wildman–Crippen MR) is 79.6 cm³/mol. The first-order valence-electron chi connectivity index (χ1n) is 7.78. The number of carbonyl (C=O) groups is 2. The van der Waals surface area contributed by atoms with Crippen molar-refractivity contribution in [3.8, 4) is 0 Å². The van der Waals surface area contributed by atoms with Gasteiger partial charge in [0, 0.05) is 25.2 Å². The van der Waals surface area contributed by atoms with Gasteiger partial charge in [0.2, 0.25) is 5.91 Å². The zero-order valence-electron chi connectivity index (χ0n) is 13.3. The van der Waals surface area contributed by atoms with E-state index < -0.39 is 37.4 Å². The minimum Gasteiger partial charge on any atom is -0.365 e. The lowest BCUT2D eigenvalue weighted by Gasteiger charge is -2.32. The van der Waals surface area contributed by atoms with Gasteiger partial charge in [-0.2, -0.15) is 8.78 Å². The van der Waals surface area contributed by atoms with E-state index in [1.807, 2.05) is 0 Å². The molecule has 1 fully saturated rings. The summed E-state index contributed by atoms with van der Waals surface area (Å²) < 4.78 is 54.0. The molecule has 1 aliphatic heterocycles. The summed E-state index contributed by atoms with van der Waals surface area (Å²) in [7, 11) is 0. The summed E-state index contributed by atoms with van der Waals surface area (Å²) in [6, 6.07) is 4.95. The quantitative estimate of drug-likeness (QED) is 0.552. The van der Waals surface area contributed by atoms with Gasteiger partial charge in [-0.05, 0) is 25.0 Å². The Kier molecular flexibility index (Phi) is 6.46. The van der Waals surface area contributed by atoms with Crippen LogP contribution >= 0.6 is 0 Å². The Morgan fingerprint density at radius 3 is 2.76 bits per heavy atom. The van der Waals surface area contributed by atoms with E-state index in [2.05, 4.69) is 9.72 Å². The SMILES string of the molecule is O=C(c1ccccn1)[C@H]1CCCN(C(=O)COCC(F)(F)C(F)F)C1. The summed E-state index contributed by atoms with van der Waals surface area (Å²) in [4.78, 5) is 29.7. The molecular formula is C16H18F4N2O3. The number of piperidine rings is 1. The third-order valence-corrected chi connectivity index (χ3v) is 3.90. The van der Waals surface area contributed by atoms with Gasteiger partial charge in [-0.1, -0.05) is 6.07 Å². The summed E-state index contributed by atoms with van der Waals surface area (Å²) in [6.07, 6.45) is -1.19. The largest absolute Gasteiger partial charge is 0.365 e. The van der Waals surface area contributed by atoms with Gasteiger partial charge in [-0.3, -0.25) is 14.6 Å². The van der Waals surface area contributed by atoms with Gasteiger partial charge in [0.25, 0.3) is 0 Å². The molecule has 1 aromatic heterocycles. The number of ketones is 1. The number of rotatable bonds is 7. The van der Waals surface area contributed by atoms with Crippen molar-refractivity contribution in [1.29, 1.82) is 0 Å². The number of Topliss-reactive ketones (excluding diaryl/α,β-unsaturated/α-hetero) is 1. The second kappa shape index (κ2) is 8.37. The number of hydrogen-bond acceptors (Lipinski definition) is 4. The van der Waals surface area contributed by atoms with Gasteiger partial charge in [-0.15, -0.1) is 0 Å². The number of likely N-dealkylation sites (tertiary alicyclic amines) is 1. The first-order valence-corrected chi connectivity index (χ1v) is 7.78. The molecule has 1 atom stereocenters. The number of amides is 1. The zero-order valence-corrected chi connectivity index (χ0v) is 13.3. The van der Waals surface area contributed by atoms with E-state index in [0.29, 0.717) is 25.1 Å². The molecule has 9 heteroatoms. The van der Waals surface area contributed by atoms with Crippen molar-refractivity contribution in [2.45, 2.75) is 25.2 Å². The maximum atomic E-state index is 12.7. The van der Waals surface area contributed by atoms with Crippen LogP contribution in [0.15, 0.2) is 24.4 Å². The number of pyridine rings is 1. The second-order valence-corrected chi connectivity index (χ2v) is 5.81. The number of nitrogens with zero attached hydrogens (tertiary/aromatic N) is 2. The van der Waals surface area contributed by atoms with Crippen molar-refractivity contribution in [3.05, 3.63) is 30.1 Å². The zero-order chi connectivity index (χ0) is 18.4. The topological polar surface area (TPSA) is 59.5 Å². The van der Waals surface area contributed by atoms with E-state index in [0.717, 1.165) is 0 Å². The molecule has 0 spiro atoms. The van der Waals surface area contributed by atoms with E-state index in [-0.39, 0.29) is 12.3 Å². The average molecular weight is 362 g/mol. The Labute approximate surface area is 142 Å². The van der Waals surface area contributed by atoms with E-state index >= 15 is 0 Å². The van der Waals surface area contributed by atoms with Crippen molar-refractivity contribution in [1.82, 2.24) is 9.88 Å². The van der Waals surface area contributed by atoms with Crippen molar-refractivity contribution in [3.63, 3.8) is 0 Å². The molecule has 0 bridgehead atoms. The molecule has 2 heterocycles. The Balaban J connectivity index is 1.86. The van der Waals surface area contributed by atoms with Gasteiger partial charge in [-0.25, -0.2) is 8.78 Å². The molecule has 1 saturated heterocycles. The fourth-order valence-electron chi connectivity index (χ4n) is 2.56. The molecule has 1 aliphatic rings. The average Bonchev–Trinajstić information content (AvgIpc) is 2.61. The number of ether oxygens (including phenoxy) is 1. The van der Waals surface area contributed by atoms with Crippen LogP contribution in [-0.4, -0.2) is 60.2 Å². The Morgan fingerprint density at radius 1 is 1.36 bits per heavy atom. The first kappa shape index (κ1) is 19.3. The molecule has 0 N–H and O–H groups in total. The molecule has 5 nitrogen and oxygen atoms in total. The summed E-state index contributed by atoms with van der Waals surface area (Å²) in [6.45, 7) is -1.77. The van der Waals surface area contributed by atoms with E-state index in [1.165, 1.54) is 11.1 Å². The lowest BCUT2D eigenvalue weighted by molar-refractivity contribution is -0.171. The van der Waals surface area contributed by atoms with Crippen LogP contribution < -0.4 is 0 Å². The summed E-state index contributed by atoms with van der Waals surface area (Å²) >= 11 is 0. The highest BCUT2D eigenvalue weighted by Crippen LogP contribution is 2.23. The molecular weight excluding hydrogens is 344 g/mol. The third kappa shape index (κ3) is 5.22.